The highest BCUT2D eigenvalue weighted by molar-refractivity contribution is 5.98. The zero-order valence-corrected chi connectivity index (χ0v) is 18.0. The van der Waals surface area contributed by atoms with E-state index in [4.69, 9.17) is 9.26 Å². The molecule has 31 heavy (non-hydrogen) atoms. The molecule has 9 heteroatoms. The first kappa shape index (κ1) is 20.6. The van der Waals surface area contributed by atoms with E-state index in [0.717, 1.165) is 17.1 Å². The van der Waals surface area contributed by atoms with Gasteiger partial charge in [0.05, 0.1) is 25.4 Å². The Labute approximate surface area is 180 Å². The number of amides is 2. The normalized spacial score (nSPS) is 16.1. The summed E-state index contributed by atoms with van der Waals surface area (Å²) in [6.45, 7) is 6.41. The SMILES string of the molecule is COc1cccc(N2C[C@@H](NC(=O)c3noc(C)c3Cn3nc(C)cc3C)CC2=O)c1. The summed E-state index contributed by atoms with van der Waals surface area (Å²) in [5.41, 5.74) is 3.53. The second kappa shape index (κ2) is 8.25. The van der Waals surface area contributed by atoms with E-state index in [1.165, 1.54) is 0 Å². The van der Waals surface area contributed by atoms with E-state index in [0.29, 0.717) is 30.2 Å². The number of ether oxygens (including phenoxy) is 1. The van der Waals surface area contributed by atoms with Crippen molar-refractivity contribution in [3.63, 3.8) is 0 Å². The van der Waals surface area contributed by atoms with Crippen LogP contribution in [0.25, 0.3) is 0 Å². The molecule has 2 aromatic heterocycles. The van der Waals surface area contributed by atoms with E-state index in [1.54, 1.807) is 25.0 Å². The van der Waals surface area contributed by atoms with Crippen molar-refractivity contribution in [2.45, 2.75) is 39.8 Å². The molecule has 1 atom stereocenters. The summed E-state index contributed by atoms with van der Waals surface area (Å²) in [7, 11) is 1.58. The van der Waals surface area contributed by atoms with Crippen molar-refractivity contribution in [2.24, 2.45) is 0 Å². The summed E-state index contributed by atoms with van der Waals surface area (Å²) in [5, 5.41) is 11.3. The summed E-state index contributed by atoms with van der Waals surface area (Å²) >= 11 is 0. The standard InChI is InChI=1S/C22H25N5O4/c1-13-8-14(2)27(24-13)12-19-15(3)31-25-21(19)22(29)23-16-9-20(28)26(11-16)17-6-5-7-18(10-17)30-4/h5-8,10,16H,9,11-12H2,1-4H3,(H,23,29)/t16-/m0/s1. The van der Waals surface area contributed by atoms with Crippen molar-refractivity contribution in [2.75, 3.05) is 18.6 Å². The van der Waals surface area contributed by atoms with Crippen LogP contribution in [0.5, 0.6) is 5.75 Å². The van der Waals surface area contributed by atoms with Gasteiger partial charge in [0.1, 0.15) is 11.5 Å². The third-order valence-corrected chi connectivity index (χ3v) is 5.44. The molecule has 0 bridgehead atoms. The third kappa shape index (κ3) is 4.16. The first-order chi connectivity index (χ1) is 14.9. The molecule has 3 heterocycles. The maximum Gasteiger partial charge on any atom is 0.274 e. The number of hydrogen-bond donors (Lipinski definition) is 1. The second-order valence-corrected chi connectivity index (χ2v) is 7.73. The largest absolute Gasteiger partial charge is 0.497 e. The lowest BCUT2D eigenvalue weighted by Crippen LogP contribution is -2.37. The first-order valence-electron chi connectivity index (χ1n) is 10.1. The van der Waals surface area contributed by atoms with Gasteiger partial charge in [0.2, 0.25) is 5.91 Å². The fourth-order valence-corrected chi connectivity index (χ4v) is 3.83. The molecule has 0 saturated carbocycles. The quantitative estimate of drug-likeness (QED) is 0.653. The summed E-state index contributed by atoms with van der Waals surface area (Å²) in [6.07, 6.45) is 0.215. The Hall–Kier alpha value is -3.62. The minimum atomic E-state index is -0.362. The Morgan fingerprint density at radius 3 is 2.81 bits per heavy atom. The highest BCUT2D eigenvalue weighted by atomic mass is 16.5. The number of hydrogen-bond acceptors (Lipinski definition) is 6. The molecule has 9 nitrogen and oxygen atoms in total. The third-order valence-electron chi connectivity index (χ3n) is 5.44. The van der Waals surface area contributed by atoms with Crippen LogP contribution in [0.15, 0.2) is 34.9 Å². The van der Waals surface area contributed by atoms with E-state index in [-0.39, 0.29) is 30.0 Å². The van der Waals surface area contributed by atoms with Gasteiger partial charge in [-0.15, -0.1) is 0 Å². The summed E-state index contributed by atoms with van der Waals surface area (Å²) < 4.78 is 12.3. The number of carbonyl (C=O) groups is 2. The average molecular weight is 423 g/mol. The first-order valence-corrected chi connectivity index (χ1v) is 10.1. The number of aryl methyl sites for hydroxylation is 3. The monoisotopic (exact) mass is 423 g/mol. The highest BCUT2D eigenvalue weighted by Gasteiger charge is 2.33. The molecule has 162 valence electrons. The molecule has 0 spiro atoms. The smallest absolute Gasteiger partial charge is 0.274 e. The topological polar surface area (TPSA) is 102 Å². The molecule has 0 aliphatic carbocycles. The fourth-order valence-electron chi connectivity index (χ4n) is 3.83. The minimum Gasteiger partial charge on any atom is -0.497 e. The van der Waals surface area contributed by atoms with Crippen molar-refractivity contribution in [1.82, 2.24) is 20.3 Å². The van der Waals surface area contributed by atoms with E-state index in [9.17, 15) is 9.59 Å². The zero-order chi connectivity index (χ0) is 22.1. The number of aromatic nitrogens is 3. The van der Waals surface area contributed by atoms with Crippen molar-refractivity contribution >= 4 is 17.5 Å². The minimum absolute atomic E-state index is 0.0576. The molecule has 1 N–H and O–H groups in total. The van der Waals surface area contributed by atoms with E-state index >= 15 is 0 Å². The Kier molecular flexibility index (Phi) is 5.50. The lowest BCUT2D eigenvalue weighted by Gasteiger charge is -2.18. The van der Waals surface area contributed by atoms with Crippen LogP contribution in [-0.2, 0) is 11.3 Å². The number of benzene rings is 1. The van der Waals surface area contributed by atoms with Crippen molar-refractivity contribution in [3.05, 3.63) is 58.7 Å². The van der Waals surface area contributed by atoms with Crippen LogP contribution in [0.2, 0.25) is 0 Å². The fraction of sp³-hybridized carbons (Fsp3) is 0.364. The Morgan fingerprint density at radius 2 is 2.10 bits per heavy atom. The molecule has 3 aromatic rings. The number of nitrogens with one attached hydrogen (secondary N) is 1. The lowest BCUT2D eigenvalue weighted by molar-refractivity contribution is -0.117. The number of rotatable bonds is 6. The van der Waals surface area contributed by atoms with Gasteiger partial charge >= 0.3 is 0 Å². The van der Waals surface area contributed by atoms with E-state index < -0.39 is 0 Å². The van der Waals surface area contributed by atoms with Crippen molar-refractivity contribution in [1.29, 1.82) is 0 Å². The molecule has 1 aliphatic rings. The molecule has 4 rings (SSSR count). The van der Waals surface area contributed by atoms with Crippen LogP contribution in [0.3, 0.4) is 0 Å². The highest BCUT2D eigenvalue weighted by Crippen LogP contribution is 2.26. The predicted octanol–water partition coefficient (Wildman–Crippen LogP) is 2.39. The summed E-state index contributed by atoms with van der Waals surface area (Å²) in [5.74, 6) is 0.819. The Morgan fingerprint density at radius 1 is 1.29 bits per heavy atom. The summed E-state index contributed by atoms with van der Waals surface area (Å²) in [4.78, 5) is 27.1. The number of anilines is 1. The van der Waals surface area contributed by atoms with Gasteiger partial charge in [-0.1, -0.05) is 11.2 Å². The molecular weight excluding hydrogens is 398 g/mol. The van der Waals surface area contributed by atoms with Gasteiger partial charge in [0.15, 0.2) is 5.69 Å². The van der Waals surface area contributed by atoms with Crippen molar-refractivity contribution < 1.29 is 18.8 Å². The van der Waals surface area contributed by atoms with Gasteiger partial charge in [0, 0.05) is 36.0 Å². The van der Waals surface area contributed by atoms with Crippen LogP contribution in [0.4, 0.5) is 5.69 Å². The zero-order valence-electron chi connectivity index (χ0n) is 18.0. The van der Waals surface area contributed by atoms with E-state index in [1.807, 2.05) is 42.8 Å². The molecule has 1 fully saturated rings. The number of carbonyl (C=O) groups excluding carboxylic acids is 2. The molecule has 0 unspecified atom stereocenters. The average Bonchev–Trinajstić information content (AvgIpc) is 3.39. The maximum absolute atomic E-state index is 13.0. The number of nitrogens with zero attached hydrogens (tertiary/aromatic N) is 4. The predicted molar refractivity (Wildman–Crippen MR) is 113 cm³/mol. The Balaban J connectivity index is 1.48. The van der Waals surface area contributed by atoms with Gasteiger partial charge in [-0.3, -0.25) is 14.3 Å². The maximum atomic E-state index is 13.0. The second-order valence-electron chi connectivity index (χ2n) is 7.73. The molecule has 0 radical (unpaired) electrons. The van der Waals surface area contributed by atoms with Crippen molar-refractivity contribution in [3.8, 4) is 5.75 Å². The van der Waals surface area contributed by atoms with Crippen LogP contribution in [0.1, 0.15) is 39.6 Å². The van der Waals surface area contributed by atoms with E-state index in [2.05, 4.69) is 15.6 Å². The molecule has 1 aromatic carbocycles. The number of methoxy groups -OCH3 is 1. The lowest BCUT2D eigenvalue weighted by atomic mass is 10.1. The molecule has 1 saturated heterocycles. The van der Waals surface area contributed by atoms with Crippen LogP contribution < -0.4 is 15.0 Å². The van der Waals surface area contributed by atoms with Crippen LogP contribution in [0, 0.1) is 20.8 Å². The summed E-state index contributed by atoms with van der Waals surface area (Å²) in [6, 6.07) is 8.94. The Bertz CT molecular complexity index is 1130. The van der Waals surface area contributed by atoms with Gasteiger partial charge in [-0.05, 0) is 39.0 Å². The molecule has 1 aliphatic heterocycles. The molecular formula is C22H25N5O4. The van der Waals surface area contributed by atoms with Gasteiger partial charge in [-0.2, -0.15) is 5.10 Å². The van der Waals surface area contributed by atoms with Gasteiger partial charge in [0.25, 0.3) is 5.91 Å². The van der Waals surface area contributed by atoms with Gasteiger partial charge < -0.3 is 19.5 Å². The molecule has 2 amide bonds. The van der Waals surface area contributed by atoms with Crippen LogP contribution in [-0.4, -0.2) is 46.4 Å². The van der Waals surface area contributed by atoms with Crippen LogP contribution >= 0.6 is 0 Å². The van der Waals surface area contributed by atoms with Gasteiger partial charge in [-0.25, -0.2) is 0 Å².